The number of halogens is 1. The molecule has 0 saturated carbocycles. The van der Waals surface area contributed by atoms with Crippen molar-refractivity contribution in [1.82, 2.24) is 0 Å². The molecule has 2 aromatic carbocycles. The Bertz CT molecular complexity index is 568. The van der Waals surface area contributed by atoms with E-state index >= 15 is 0 Å². The molecule has 0 aliphatic carbocycles. The van der Waals surface area contributed by atoms with Crippen molar-refractivity contribution >= 4 is 23.5 Å². The third-order valence-corrected chi connectivity index (χ3v) is 2.82. The summed E-state index contributed by atoms with van der Waals surface area (Å²) in [5.41, 5.74) is 1.05. The van der Waals surface area contributed by atoms with E-state index in [-0.39, 0.29) is 11.5 Å². The molecule has 0 unspecified atom stereocenters. The van der Waals surface area contributed by atoms with E-state index in [1.165, 1.54) is 18.2 Å². The monoisotopic (exact) mass is 258 g/mol. The fourth-order valence-corrected chi connectivity index (χ4v) is 1.78. The Balaban J connectivity index is 2.24. The molecule has 0 aliphatic heterocycles. The van der Waals surface area contributed by atoms with Crippen LogP contribution in [-0.4, -0.2) is 10.9 Å². The molecule has 18 heavy (non-hydrogen) atoms. The number of phenols is 1. The van der Waals surface area contributed by atoms with Gasteiger partial charge in [0.15, 0.2) is 5.78 Å². The van der Waals surface area contributed by atoms with Crippen molar-refractivity contribution in [3.05, 3.63) is 70.8 Å². The van der Waals surface area contributed by atoms with Crippen LogP contribution in [0.15, 0.2) is 54.6 Å². The average molecular weight is 259 g/mol. The lowest BCUT2D eigenvalue weighted by molar-refractivity contribution is 0.104. The van der Waals surface area contributed by atoms with E-state index in [0.717, 1.165) is 0 Å². The van der Waals surface area contributed by atoms with Crippen LogP contribution in [0.4, 0.5) is 0 Å². The number of carbonyl (C=O) groups is 1. The summed E-state index contributed by atoms with van der Waals surface area (Å²) < 4.78 is 0. The first-order valence-electron chi connectivity index (χ1n) is 5.43. The van der Waals surface area contributed by atoms with Crippen LogP contribution in [-0.2, 0) is 0 Å². The van der Waals surface area contributed by atoms with Gasteiger partial charge < -0.3 is 5.11 Å². The number of phenolic OH excluding ortho intramolecular Hbond substituents is 1. The molecule has 1 N–H and O–H groups in total. The number of aromatic hydroxyl groups is 1. The molecule has 0 aliphatic rings. The maximum atomic E-state index is 11.8. The van der Waals surface area contributed by atoms with Crippen molar-refractivity contribution in [2.24, 2.45) is 0 Å². The van der Waals surface area contributed by atoms with Crippen LogP contribution >= 0.6 is 11.6 Å². The number of hydrogen-bond donors (Lipinski definition) is 1. The van der Waals surface area contributed by atoms with E-state index < -0.39 is 0 Å². The highest BCUT2D eigenvalue weighted by Gasteiger charge is 2.04. The third-order valence-electron chi connectivity index (χ3n) is 2.49. The minimum Gasteiger partial charge on any atom is -0.507 e. The van der Waals surface area contributed by atoms with Gasteiger partial charge in [-0.25, -0.2) is 0 Å². The first-order valence-corrected chi connectivity index (χ1v) is 5.81. The predicted molar refractivity (Wildman–Crippen MR) is 72.9 cm³/mol. The highest BCUT2D eigenvalue weighted by atomic mass is 35.5. The average Bonchev–Trinajstić information content (AvgIpc) is 2.39. The van der Waals surface area contributed by atoms with Crippen LogP contribution in [0.25, 0.3) is 6.08 Å². The fourth-order valence-electron chi connectivity index (χ4n) is 1.55. The van der Waals surface area contributed by atoms with Crippen molar-refractivity contribution in [2.45, 2.75) is 0 Å². The minimum atomic E-state index is -0.130. The van der Waals surface area contributed by atoms with E-state index in [1.807, 2.05) is 6.07 Å². The molecular formula is C15H11ClO2. The predicted octanol–water partition coefficient (Wildman–Crippen LogP) is 3.94. The Labute approximate surface area is 110 Å². The molecule has 2 rings (SSSR count). The molecule has 0 heterocycles. The van der Waals surface area contributed by atoms with Crippen molar-refractivity contribution in [2.75, 3.05) is 0 Å². The second-order valence-electron chi connectivity index (χ2n) is 3.74. The topological polar surface area (TPSA) is 37.3 Å². The number of hydrogen-bond acceptors (Lipinski definition) is 2. The molecule has 0 fully saturated rings. The van der Waals surface area contributed by atoms with Crippen molar-refractivity contribution in [3.8, 4) is 5.75 Å². The van der Waals surface area contributed by atoms with Crippen LogP contribution < -0.4 is 0 Å². The molecule has 0 aromatic heterocycles. The summed E-state index contributed by atoms with van der Waals surface area (Å²) in [5, 5.41) is 10.0. The molecule has 0 radical (unpaired) electrons. The quantitative estimate of drug-likeness (QED) is 0.669. The van der Waals surface area contributed by atoms with E-state index in [0.29, 0.717) is 16.1 Å². The van der Waals surface area contributed by atoms with Gasteiger partial charge in [0.2, 0.25) is 0 Å². The van der Waals surface area contributed by atoms with Gasteiger partial charge in [-0.05, 0) is 24.3 Å². The maximum Gasteiger partial charge on any atom is 0.185 e. The molecule has 0 bridgehead atoms. The number of ketones is 1. The van der Waals surface area contributed by atoms with Crippen LogP contribution in [0.5, 0.6) is 5.75 Å². The lowest BCUT2D eigenvalue weighted by Crippen LogP contribution is -1.92. The summed E-state index contributed by atoms with van der Waals surface area (Å²) in [4.78, 5) is 11.8. The Kier molecular flexibility index (Phi) is 3.80. The first-order chi connectivity index (χ1) is 8.68. The largest absolute Gasteiger partial charge is 0.507 e. The van der Waals surface area contributed by atoms with Crippen molar-refractivity contribution in [1.29, 1.82) is 0 Å². The standard InChI is InChI=1S/C15H11ClO2/c16-13-7-4-8-15(18)12(13)9-10-14(17)11-5-2-1-3-6-11/h1-10,18H/b10-9+. The van der Waals surface area contributed by atoms with E-state index in [4.69, 9.17) is 11.6 Å². The molecule has 2 nitrogen and oxygen atoms in total. The fraction of sp³-hybridized carbons (Fsp3) is 0. The van der Waals surface area contributed by atoms with Gasteiger partial charge in [0, 0.05) is 11.1 Å². The summed E-state index contributed by atoms with van der Waals surface area (Å²) in [7, 11) is 0. The Hall–Kier alpha value is -2.06. The number of carbonyl (C=O) groups excluding carboxylic acids is 1. The van der Waals surface area contributed by atoms with E-state index in [2.05, 4.69) is 0 Å². The summed E-state index contributed by atoms with van der Waals surface area (Å²) >= 11 is 5.94. The van der Waals surface area contributed by atoms with Gasteiger partial charge in [-0.1, -0.05) is 48.0 Å². The molecule has 0 amide bonds. The van der Waals surface area contributed by atoms with Crippen LogP contribution in [0.1, 0.15) is 15.9 Å². The molecule has 0 spiro atoms. The van der Waals surface area contributed by atoms with E-state index in [9.17, 15) is 9.90 Å². The van der Waals surface area contributed by atoms with E-state index in [1.54, 1.807) is 36.4 Å². The molecule has 2 aromatic rings. The second kappa shape index (κ2) is 5.52. The third kappa shape index (κ3) is 2.79. The van der Waals surface area contributed by atoms with Gasteiger partial charge in [-0.15, -0.1) is 0 Å². The second-order valence-corrected chi connectivity index (χ2v) is 4.14. The van der Waals surface area contributed by atoms with Gasteiger partial charge in [0.05, 0.1) is 5.02 Å². The first kappa shape index (κ1) is 12.4. The number of allylic oxidation sites excluding steroid dienone is 1. The normalized spacial score (nSPS) is 10.7. The van der Waals surface area contributed by atoms with Gasteiger partial charge in [-0.3, -0.25) is 4.79 Å². The highest BCUT2D eigenvalue weighted by molar-refractivity contribution is 6.32. The Morgan fingerprint density at radius 2 is 1.78 bits per heavy atom. The Morgan fingerprint density at radius 1 is 1.06 bits per heavy atom. The van der Waals surface area contributed by atoms with Crippen molar-refractivity contribution < 1.29 is 9.90 Å². The van der Waals surface area contributed by atoms with Gasteiger partial charge in [0.25, 0.3) is 0 Å². The number of benzene rings is 2. The SMILES string of the molecule is O=C(/C=C/c1c(O)cccc1Cl)c1ccccc1. The number of rotatable bonds is 3. The molecule has 0 atom stereocenters. The lowest BCUT2D eigenvalue weighted by Gasteiger charge is -2.01. The zero-order chi connectivity index (χ0) is 13.0. The van der Waals surface area contributed by atoms with Crippen LogP contribution in [0.2, 0.25) is 5.02 Å². The van der Waals surface area contributed by atoms with Gasteiger partial charge in [-0.2, -0.15) is 0 Å². The zero-order valence-corrected chi connectivity index (χ0v) is 10.3. The van der Waals surface area contributed by atoms with Gasteiger partial charge >= 0.3 is 0 Å². The maximum absolute atomic E-state index is 11.8. The molecule has 3 heteroatoms. The van der Waals surface area contributed by atoms with Crippen LogP contribution in [0.3, 0.4) is 0 Å². The summed E-state index contributed by atoms with van der Waals surface area (Å²) in [5.74, 6) is -0.0745. The summed E-state index contributed by atoms with van der Waals surface area (Å²) in [6.45, 7) is 0. The molecule has 0 saturated heterocycles. The van der Waals surface area contributed by atoms with Crippen LogP contribution in [0, 0.1) is 0 Å². The lowest BCUT2D eigenvalue weighted by atomic mass is 10.1. The summed E-state index contributed by atoms with van der Waals surface area (Å²) in [6.07, 6.45) is 2.92. The molecule has 90 valence electrons. The van der Waals surface area contributed by atoms with Gasteiger partial charge in [0.1, 0.15) is 5.75 Å². The van der Waals surface area contributed by atoms with Crippen molar-refractivity contribution in [3.63, 3.8) is 0 Å². The minimum absolute atomic E-state index is 0.0552. The highest BCUT2D eigenvalue weighted by Crippen LogP contribution is 2.26. The smallest absolute Gasteiger partial charge is 0.185 e. The molecular weight excluding hydrogens is 248 g/mol. The zero-order valence-electron chi connectivity index (χ0n) is 9.51. The Morgan fingerprint density at radius 3 is 2.44 bits per heavy atom. The summed E-state index contributed by atoms with van der Waals surface area (Å²) in [6, 6.07) is 13.8.